The summed E-state index contributed by atoms with van der Waals surface area (Å²) in [6.07, 6.45) is 4.79. The Balaban J connectivity index is 3.71. The Bertz CT molecular complexity index is 229. The molecule has 0 heterocycles. The zero-order chi connectivity index (χ0) is 12.9. The zero-order valence-electron chi connectivity index (χ0n) is 10.7. The molecule has 0 rings (SSSR count). The van der Waals surface area contributed by atoms with E-state index in [1.54, 1.807) is 4.90 Å². The molecule has 1 amide bonds. The van der Waals surface area contributed by atoms with E-state index in [2.05, 4.69) is 20.1 Å². The molecule has 0 aliphatic heterocycles. The number of carbonyl (C=O) groups is 1. The van der Waals surface area contributed by atoms with Gasteiger partial charge in [-0.05, 0) is 12.5 Å². The third-order valence-electron chi connectivity index (χ3n) is 2.24. The first-order valence-corrected chi connectivity index (χ1v) is 5.97. The molecular weight excluding hydrogens is 218 g/mol. The molecule has 0 spiro atoms. The number of carbonyl (C=O) groups excluding carboxylic acids is 1. The summed E-state index contributed by atoms with van der Waals surface area (Å²) in [7, 11) is 0. The Morgan fingerprint density at radius 2 is 2.00 bits per heavy atom. The lowest BCUT2D eigenvalue weighted by Crippen LogP contribution is -2.33. The first-order valence-electron chi connectivity index (χ1n) is 5.97. The van der Waals surface area contributed by atoms with Crippen LogP contribution in [0.15, 0.2) is 25.5 Å². The minimum atomic E-state index is -0.0376. The Hall–Kier alpha value is -1.29. The molecule has 4 nitrogen and oxygen atoms in total. The third-order valence-corrected chi connectivity index (χ3v) is 2.24. The molecule has 0 saturated heterocycles. The van der Waals surface area contributed by atoms with Crippen LogP contribution < -0.4 is 0 Å². The standard InChI is InChI=1S/C13H23NO3/c1-4-7-8-14(13(15)5-2)9-10-17-12-11-16-6-3/h5-6H,2-4,7-12H2,1H3. The van der Waals surface area contributed by atoms with Gasteiger partial charge >= 0.3 is 0 Å². The van der Waals surface area contributed by atoms with Crippen LogP contribution in [0.2, 0.25) is 0 Å². The van der Waals surface area contributed by atoms with Gasteiger partial charge in [0, 0.05) is 13.1 Å². The Kier molecular flexibility index (Phi) is 10.4. The number of unbranched alkanes of at least 4 members (excludes halogenated alkanes) is 1. The van der Waals surface area contributed by atoms with Gasteiger partial charge in [-0.1, -0.05) is 26.5 Å². The van der Waals surface area contributed by atoms with Gasteiger partial charge in [-0.15, -0.1) is 0 Å². The first-order chi connectivity index (χ1) is 8.26. The van der Waals surface area contributed by atoms with Gasteiger partial charge in [0.15, 0.2) is 0 Å². The fraction of sp³-hybridized carbons (Fsp3) is 0.615. The van der Waals surface area contributed by atoms with E-state index in [1.165, 1.54) is 12.3 Å². The van der Waals surface area contributed by atoms with Crippen LogP contribution in [0, 0.1) is 0 Å². The molecule has 0 aromatic rings. The predicted molar refractivity (Wildman–Crippen MR) is 68.7 cm³/mol. The van der Waals surface area contributed by atoms with Gasteiger partial charge in [-0.3, -0.25) is 4.79 Å². The van der Waals surface area contributed by atoms with Crippen molar-refractivity contribution in [1.82, 2.24) is 4.90 Å². The quantitative estimate of drug-likeness (QED) is 0.315. The van der Waals surface area contributed by atoms with Crippen LogP contribution in [0.1, 0.15) is 19.8 Å². The van der Waals surface area contributed by atoms with Gasteiger partial charge in [0.25, 0.3) is 0 Å². The number of hydrogen-bond donors (Lipinski definition) is 0. The van der Waals surface area contributed by atoms with E-state index in [-0.39, 0.29) is 5.91 Å². The van der Waals surface area contributed by atoms with Crippen LogP contribution in [0.5, 0.6) is 0 Å². The molecular formula is C13H23NO3. The Morgan fingerprint density at radius 1 is 1.24 bits per heavy atom. The Morgan fingerprint density at radius 3 is 2.59 bits per heavy atom. The predicted octanol–water partition coefficient (Wildman–Crippen LogP) is 1.98. The zero-order valence-corrected chi connectivity index (χ0v) is 10.7. The van der Waals surface area contributed by atoms with Crippen molar-refractivity contribution in [3.05, 3.63) is 25.5 Å². The SMILES string of the molecule is C=COCCOCCN(CCCC)C(=O)C=C. The molecule has 0 bridgehead atoms. The molecule has 0 N–H and O–H groups in total. The summed E-state index contributed by atoms with van der Waals surface area (Å²) >= 11 is 0. The molecule has 0 aromatic carbocycles. The summed E-state index contributed by atoms with van der Waals surface area (Å²) < 4.78 is 10.3. The van der Waals surface area contributed by atoms with E-state index >= 15 is 0 Å². The van der Waals surface area contributed by atoms with Crippen molar-refractivity contribution in [2.24, 2.45) is 0 Å². The van der Waals surface area contributed by atoms with Crippen molar-refractivity contribution < 1.29 is 14.3 Å². The lowest BCUT2D eigenvalue weighted by atomic mass is 10.3. The Labute approximate surface area is 104 Å². The number of nitrogens with zero attached hydrogens (tertiary/aromatic N) is 1. The van der Waals surface area contributed by atoms with E-state index in [0.717, 1.165) is 19.4 Å². The monoisotopic (exact) mass is 241 g/mol. The van der Waals surface area contributed by atoms with E-state index in [9.17, 15) is 4.79 Å². The average Bonchev–Trinajstić information content (AvgIpc) is 2.36. The van der Waals surface area contributed by atoms with Crippen molar-refractivity contribution in [1.29, 1.82) is 0 Å². The largest absolute Gasteiger partial charge is 0.499 e. The second-order valence-electron chi connectivity index (χ2n) is 3.53. The van der Waals surface area contributed by atoms with Crippen molar-refractivity contribution in [3.8, 4) is 0 Å². The number of hydrogen-bond acceptors (Lipinski definition) is 3. The molecule has 98 valence electrons. The van der Waals surface area contributed by atoms with Gasteiger partial charge in [-0.25, -0.2) is 0 Å². The lowest BCUT2D eigenvalue weighted by molar-refractivity contribution is -0.126. The second kappa shape index (κ2) is 11.2. The highest BCUT2D eigenvalue weighted by Gasteiger charge is 2.08. The molecule has 0 aliphatic rings. The molecule has 0 aliphatic carbocycles. The summed E-state index contributed by atoms with van der Waals surface area (Å²) in [5.74, 6) is -0.0376. The van der Waals surface area contributed by atoms with Crippen molar-refractivity contribution in [2.75, 3.05) is 32.9 Å². The van der Waals surface area contributed by atoms with Gasteiger partial charge in [0.2, 0.25) is 5.91 Å². The summed E-state index contributed by atoms with van der Waals surface area (Å²) in [6.45, 7) is 11.9. The fourth-order valence-corrected chi connectivity index (χ4v) is 1.28. The minimum Gasteiger partial charge on any atom is -0.499 e. The van der Waals surface area contributed by atoms with Gasteiger partial charge in [-0.2, -0.15) is 0 Å². The van der Waals surface area contributed by atoms with Gasteiger partial charge < -0.3 is 14.4 Å². The van der Waals surface area contributed by atoms with Crippen LogP contribution in [0.3, 0.4) is 0 Å². The van der Waals surface area contributed by atoms with Gasteiger partial charge in [0.1, 0.15) is 6.61 Å². The number of rotatable bonds is 11. The van der Waals surface area contributed by atoms with Crippen molar-refractivity contribution >= 4 is 5.91 Å². The highest BCUT2D eigenvalue weighted by Crippen LogP contribution is 1.97. The van der Waals surface area contributed by atoms with Crippen molar-refractivity contribution in [2.45, 2.75) is 19.8 Å². The molecule has 0 fully saturated rings. The molecule has 17 heavy (non-hydrogen) atoms. The normalized spacial score (nSPS) is 9.71. The second-order valence-corrected chi connectivity index (χ2v) is 3.53. The maximum atomic E-state index is 11.5. The maximum Gasteiger partial charge on any atom is 0.246 e. The summed E-state index contributed by atoms with van der Waals surface area (Å²) in [5.41, 5.74) is 0. The van der Waals surface area contributed by atoms with E-state index in [4.69, 9.17) is 9.47 Å². The summed E-state index contributed by atoms with van der Waals surface area (Å²) in [6, 6.07) is 0. The van der Waals surface area contributed by atoms with Crippen LogP contribution in [0.25, 0.3) is 0 Å². The molecule has 0 aromatic heterocycles. The van der Waals surface area contributed by atoms with Crippen molar-refractivity contribution in [3.63, 3.8) is 0 Å². The molecule has 4 heteroatoms. The van der Waals surface area contributed by atoms with E-state index in [0.29, 0.717) is 26.4 Å². The molecule has 0 unspecified atom stereocenters. The summed E-state index contributed by atoms with van der Waals surface area (Å²) in [5, 5.41) is 0. The smallest absolute Gasteiger partial charge is 0.246 e. The first kappa shape index (κ1) is 15.7. The number of ether oxygens (including phenoxy) is 2. The topological polar surface area (TPSA) is 38.8 Å². The highest BCUT2D eigenvalue weighted by atomic mass is 16.5. The summed E-state index contributed by atoms with van der Waals surface area (Å²) in [4.78, 5) is 13.3. The molecule has 0 saturated carbocycles. The third kappa shape index (κ3) is 8.51. The number of amides is 1. The molecule has 0 atom stereocenters. The highest BCUT2D eigenvalue weighted by molar-refractivity contribution is 5.86. The lowest BCUT2D eigenvalue weighted by Gasteiger charge is -2.20. The van der Waals surface area contributed by atoms with Crippen LogP contribution in [-0.2, 0) is 14.3 Å². The van der Waals surface area contributed by atoms with Crippen LogP contribution in [-0.4, -0.2) is 43.7 Å². The maximum absolute atomic E-state index is 11.5. The van der Waals surface area contributed by atoms with Crippen LogP contribution >= 0.6 is 0 Å². The molecule has 0 radical (unpaired) electrons. The minimum absolute atomic E-state index is 0.0376. The average molecular weight is 241 g/mol. The van der Waals surface area contributed by atoms with Gasteiger partial charge in [0.05, 0.1) is 19.5 Å². The van der Waals surface area contributed by atoms with Crippen LogP contribution in [0.4, 0.5) is 0 Å². The van der Waals surface area contributed by atoms with E-state index < -0.39 is 0 Å². The fourth-order valence-electron chi connectivity index (χ4n) is 1.28. The van der Waals surface area contributed by atoms with E-state index in [1.807, 2.05) is 0 Å².